The second kappa shape index (κ2) is 10.7. The summed E-state index contributed by atoms with van der Waals surface area (Å²) < 4.78 is 5.44. The Morgan fingerprint density at radius 3 is 2.46 bits per heavy atom. The quantitative estimate of drug-likeness (QED) is 0.410. The first-order valence-corrected chi connectivity index (χ1v) is 12.8. The number of carbonyl (C=O) groups excluding carboxylic acids is 1. The van der Waals surface area contributed by atoms with Crippen LogP contribution in [0.2, 0.25) is 10.0 Å². The Bertz CT molecular complexity index is 1160. The Kier molecular flexibility index (Phi) is 7.84. The van der Waals surface area contributed by atoms with E-state index in [0.29, 0.717) is 33.9 Å². The lowest BCUT2D eigenvalue weighted by atomic mass is 9.86. The van der Waals surface area contributed by atoms with E-state index in [0.717, 1.165) is 31.5 Å². The molecule has 1 atom stereocenters. The number of aromatic nitrogens is 2. The van der Waals surface area contributed by atoms with Crippen LogP contribution in [0.4, 0.5) is 0 Å². The van der Waals surface area contributed by atoms with Crippen LogP contribution >= 0.6 is 23.2 Å². The minimum atomic E-state index is -0.0222. The molecule has 4 rings (SSSR count). The number of likely N-dealkylation sites (tertiary alicyclic amines) is 1. The second-order valence-electron chi connectivity index (χ2n) is 10.3. The number of halogens is 2. The van der Waals surface area contributed by atoms with Gasteiger partial charge in [0.15, 0.2) is 0 Å². The zero-order chi connectivity index (χ0) is 25.2. The number of nitrogens with one attached hydrogen (secondary N) is 1. The maximum absolute atomic E-state index is 12.9. The normalized spacial score (nSPS) is 16.3. The van der Waals surface area contributed by atoms with Crippen LogP contribution in [0.15, 0.2) is 47.0 Å². The Morgan fingerprint density at radius 1 is 1.14 bits per heavy atom. The summed E-state index contributed by atoms with van der Waals surface area (Å²) in [4.78, 5) is 19.6. The van der Waals surface area contributed by atoms with Gasteiger partial charge in [-0.1, -0.05) is 73.4 Å². The van der Waals surface area contributed by atoms with Gasteiger partial charge in [-0.05, 0) is 67.6 Å². The molecule has 1 unspecified atom stereocenters. The van der Waals surface area contributed by atoms with Crippen LogP contribution in [0.25, 0.3) is 11.4 Å². The monoisotopic (exact) mass is 514 g/mol. The molecule has 8 heteroatoms. The Morgan fingerprint density at radius 2 is 1.83 bits per heavy atom. The summed E-state index contributed by atoms with van der Waals surface area (Å²) in [6.07, 6.45) is 1.59. The van der Waals surface area contributed by atoms with Crippen LogP contribution in [-0.4, -0.2) is 34.0 Å². The zero-order valence-electron chi connectivity index (χ0n) is 20.6. The summed E-state index contributed by atoms with van der Waals surface area (Å²) >= 11 is 12.2. The molecule has 35 heavy (non-hydrogen) atoms. The highest BCUT2D eigenvalue weighted by Crippen LogP contribution is 2.29. The van der Waals surface area contributed by atoms with Gasteiger partial charge in [-0.25, -0.2) is 0 Å². The van der Waals surface area contributed by atoms with Crippen molar-refractivity contribution in [1.29, 1.82) is 0 Å². The van der Waals surface area contributed by atoms with Crippen LogP contribution in [0.3, 0.4) is 0 Å². The van der Waals surface area contributed by atoms with Gasteiger partial charge in [0.25, 0.3) is 0 Å². The minimum Gasteiger partial charge on any atom is -0.349 e. The molecule has 1 N–H and O–H groups in total. The number of benzene rings is 2. The van der Waals surface area contributed by atoms with E-state index in [2.05, 4.69) is 65.4 Å². The van der Waals surface area contributed by atoms with Gasteiger partial charge in [0.2, 0.25) is 17.6 Å². The molecule has 0 spiro atoms. The highest BCUT2D eigenvalue weighted by molar-refractivity contribution is 6.36. The first kappa shape index (κ1) is 25.7. The summed E-state index contributed by atoms with van der Waals surface area (Å²) in [5.74, 6) is 1.10. The lowest BCUT2D eigenvalue weighted by molar-refractivity contribution is -0.127. The van der Waals surface area contributed by atoms with Crippen LogP contribution in [0.5, 0.6) is 0 Å². The van der Waals surface area contributed by atoms with Crippen LogP contribution < -0.4 is 5.32 Å². The molecule has 0 saturated carbocycles. The van der Waals surface area contributed by atoms with Crippen molar-refractivity contribution in [2.45, 2.75) is 58.5 Å². The van der Waals surface area contributed by atoms with Gasteiger partial charge >= 0.3 is 0 Å². The smallest absolute Gasteiger partial charge is 0.241 e. The van der Waals surface area contributed by atoms with Gasteiger partial charge in [0, 0.05) is 16.5 Å². The molecular formula is C27H32Cl2N4O2. The molecule has 1 aromatic heterocycles. The van der Waals surface area contributed by atoms with Gasteiger partial charge < -0.3 is 9.84 Å². The van der Waals surface area contributed by atoms with Crippen LogP contribution in [0, 0.1) is 5.92 Å². The van der Waals surface area contributed by atoms with E-state index >= 15 is 0 Å². The van der Waals surface area contributed by atoms with E-state index in [1.54, 1.807) is 18.2 Å². The summed E-state index contributed by atoms with van der Waals surface area (Å²) in [5.41, 5.74) is 3.21. The average molecular weight is 515 g/mol. The maximum Gasteiger partial charge on any atom is 0.241 e. The molecule has 6 nitrogen and oxygen atoms in total. The number of rotatable bonds is 6. The van der Waals surface area contributed by atoms with E-state index in [-0.39, 0.29) is 23.3 Å². The van der Waals surface area contributed by atoms with Gasteiger partial charge in [-0.2, -0.15) is 4.98 Å². The van der Waals surface area contributed by atoms with Crippen molar-refractivity contribution in [1.82, 2.24) is 20.4 Å². The standard InChI is InChI=1S/C27H32Cl2N4O2/c1-17(18-5-7-20(8-6-18)27(2,3)4)30-26(34)19-11-13-33(14-12-19)16-24-31-25(32-35-24)22-10-9-21(28)15-23(22)29/h5-10,15,17,19H,11-14,16H2,1-4H3,(H,30,34). The number of hydrogen-bond donors (Lipinski definition) is 1. The molecule has 2 aromatic carbocycles. The van der Waals surface area contributed by atoms with Crippen molar-refractivity contribution >= 4 is 29.1 Å². The summed E-state index contributed by atoms with van der Waals surface area (Å²) in [6.45, 7) is 10.8. The van der Waals surface area contributed by atoms with Crippen molar-refractivity contribution in [3.05, 3.63) is 69.5 Å². The SMILES string of the molecule is CC(NC(=O)C1CCN(Cc2nc(-c3ccc(Cl)cc3Cl)no2)CC1)c1ccc(C(C)(C)C)cc1. The van der Waals surface area contributed by atoms with Gasteiger partial charge in [-0.3, -0.25) is 9.69 Å². The second-order valence-corrected chi connectivity index (χ2v) is 11.1. The van der Waals surface area contributed by atoms with Crippen LogP contribution in [0.1, 0.15) is 63.6 Å². The largest absolute Gasteiger partial charge is 0.349 e. The summed E-state index contributed by atoms with van der Waals surface area (Å²) in [5, 5.41) is 8.30. The molecule has 3 aromatic rings. The molecule has 0 aliphatic carbocycles. The molecule has 0 bridgehead atoms. The number of carbonyl (C=O) groups is 1. The fourth-order valence-electron chi connectivity index (χ4n) is 4.33. The third-order valence-electron chi connectivity index (χ3n) is 6.59. The van der Waals surface area contributed by atoms with Crippen LogP contribution in [-0.2, 0) is 16.8 Å². The maximum atomic E-state index is 12.9. The van der Waals surface area contributed by atoms with E-state index in [1.165, 1.54) is 5.56 Å². The third kappa shape index (κ3) is 6.43. The highest BCUT2D eigenvalue weighted by Gasteiger charge is 2.27. The fraction of sp³-hybridized carbons (Fsp3) is 0.444. The van der Waals surface area contributed by atoms with E-state index in [1.807, 2.05) is 6.92 Å². The molecule has 1 aliphatic rings. The highest BCUT2D eigenvalue weighted by atomic mass is 35.5. The van der Waals surface area contributed by atoms with Gasteiger partial charge in [0.05, 0.1) is 17.6 Å². The third-order valence-corrected chi connectivity index (χ3v) is 7.14. The number of amides is 1. The van der Waals surface area contributed by atoms with E-state index in [4.69, 9.17) is 27.7 Å². The first-order chi connectivity index (χ1) is 16.6. The molecule has 1 amide bonds. The number of nitrogens with zero attached hydrogens (tertiary/aromatic N) is 3. The van der Waals surface area contributed by atoms with Crippen molar-refractivity contribution in [2.75, 3.05) is 13.1 Å². The Labute approximate surface area is 217 Å². The zero-order valence-corrected chi connectivity index (χ0v) is 22.2. The van der Waals surface area contributed by atoms with Crippen molar-refractivity contribution in [2.24, 2.45) is 5.92 Å². The predicted octanol–water partition coefficient (Wildman–Crippen LogP) is 6.43. The predicted molar refractivity (Wildman–Crippen MR) is 139 cm³/mol. The van der Waals surface area contributed by atoms with Gasteiger partial charge in [-0.15, -0.1) is 0 Å². The molecule has 1 saturated heterocycles. The topological polar surface area (TPSA) is 71.3 Å². The summed E-state index contributed by atoms with van der Waals surface area (Å²) in [6, 6.07) is 13.7. The minimum absolute atomic E-state index is 0.00803. The van der Waals surface area contributed by atoms with Crippen molar-refractivity contribution in [3.8, 4) is 11.4 Å². The number of piperidine rings is 1. The van der Waals surface area contributed by atoms with Crippen molar-refractivity contribution in [3.63, 3.8) is 0 Å². The molecule has 2 heterocycles. The first-order valence-electron chi connectivity index (χ1n) is 12.0. The Hall–Kier alpha value is -2.41. The lowest BCUT2D eigenvalue weighted by Gasteiger charge is -2.31. The molecule has 1 aliphatic heterocycles. The molecule has 0 radical (unpaired) electrons. The fourth-order valence-corrected chi connectivity index (χ4v) is 4.82. The Balaban J connectivity index is 1.27. The average Bonchev–Trinajstić information content (AvgIpc) is 3.27. The molecule has 1 fully saturated rings. The molecular weight excluding hydrogens is 483 g/mol. The van der Waals surface area contributed by atoms with Gasteiger partial charge in [0.1, 0.15) is 0 Å². The van der Waals surface area contributed by atoms with E-state index < -0.39 is 0 Å². The summed E-state index contributed by atoms with van der Waals surface area (Å²) in [7, 11) is 0. The molecule has 186 valence electrons. The van der Waals surface area contributed by atoms with E-state index in [9.17, 15) is 4.79 Å². The number of hydrogen-bond acceptors (Lipinski definition) is 5. The van der Waals surface area contributed by atoms with Crippen molar-refractivity contribution < 1.29 is 9.32 Å². The lowest BCUT2D eigenvalue weighted by Crippen LogP contribution is -2.41.